The first-order valence-corrected chi connectivity index (χ1v) is 7.56. The van der Waals surface area contributed by atoms with Crippen molar-refractivity contribution in [3.8, 4) is 0 Å². The Morgan fingerprint density at radius 1 is 0.955 bits per heavy atom. The van der Waals surface area contributed by atoms with Crippen LogP contribution >= 0.6 is 0 Å². The SMILES string of the molecule is C=CC1=CCC(N=C(c2ccccc2)c2ccccc2)C=C1. The van der Waals surface area contributed by atoms with Gasteiger partial charge in [0.1, 0.15) is 0 Å². The van der Waals surface area contributed by atoms with Crippen LogP contribution in [-0.2, 0) is 0 Å². The van der Waals surface area contributed by atoms with Crippen LogP contribution < -0.4 is 0 Å². The van der Waals surface area contributed by atoms with Gasteiger partial charge in [0.25, 0.3) is 0 Å². The summed E-state index contributed by atoms with van der Waals surface area (Å²) in [7, 11) is 0. The maximum atomic E-state index is 5.00. The molecule has 1 nitrogen and oxygen atoms in total. The summed E-state index contributed by atoms with van der Waals surface area (Å²) in [4.78, 5) is 5.00. The summed E-state index contributed by atoms with van der Waals surface area (Å²) in [5, 5.41) is 0. The molecule has 2 aromatic carbocycles. The first kappa shape index (κ1) is 14.3. The standard InChI is InChI=1S/C21H19N/c1-2-17-13-15-20(16-14-17)22-21(18-9-5-3-6-10-18)19-11-7-4-8-12-19/h2-15,20H,1,16H2. The molecule has 0 N–H and O–H groups in total. The number of benzene rings is 2. The van der Waals surface area contributed by atoms with Crippen LogP contribution in [-0.4, -0.2) is 11.8 Å². The molecule has 22 heavy (non-hydrogen) atoms. The quantitative estimate of drug-likeness (QED) is 0.704. The summed E-state index contributed by atoms with van der Waals surface area (Å²) < 4.78 is 0. The van der Waals surface area contributed by atoms with Crippen LogP contribution in [0.5, 0.6) is 0 Å². The van der Waals surface area contributed by atoms with E-state index < -0.39 is 0 Å². The van der Waals surface area contributed by atoms with Crippen LogP contribution in [0.1, 0.15) is 17.5 Å². The number of hydrogen-bond acceptors (Lipinski definition) is 1. The van der Waals surface area contributed by atoms with E-state index in [1.165, 1.54) is 5.57 Å². The van der Waals surface area contributed by atoms with Crippen LogP contribution in [0.4, 0.5) is 0 Å². The molecule has 0 heterocycles. The van der Waals surface area contributed by atoms with Crippen molar-refractivity contribution in [2.75, 3.05) is 0 Å². The Balaban J connectivity index is 1.97. The predicted molar refractivity (Wildman–Crippen MR) is 94.3 cm³/mol. The highest BCUT2D eigenvalue weighted by Gasteiger charge is 2.11. The lowest BCUT2D eigenvalue weighted by Crippen LogP contribution is -2.11. The topological polar surface area (TPSA) is 12.4 Å². The van der Waals surface area contributed by atoms with Gasteiger partial charge in [-0.25, -0.2) is 0 Å². The minimum absolute atomic E-state index is 0.180. The van der Waals surface area contributed by atoms with Gasteiger partial charge >= 0.3 is 0 Å². The van der Waals surface area contributed by atoms with Crippen LogP contribution in [0, 0.1) is 0 Å². The maximum Gasteiger partial charge on any atom is 0.0726 e. The Morgan fingerprint density at radius 2 is 1.55 bits per heavy atom. The van der Waals surface area contributed by atoms with Gasteiger partial charge < -0.3 is 0 Å². The summed E-state index contributed by atoms with van der Waals surface area (Å²) in [5.74, 6) is 0. The summed E-state index contributed by atoms with van der Waals surface area (Å²) in [6.07, 6.45) is 9.24. The smallest absolute Gasteiger partial charge is 0.0726 e. The van der Waals surface area contributed by atoms with E-state index >= 15 is 0 Å². The average Bonchev–Trinajstić information content (AvgIpc) is 2.62. The van der Waals surface area contributed by atoms with E-state index in [9.17, 15) is 0 Å². The maximum absolute atomic E-state index is 5.00. The van der Waals surface area contributed by atoms with E-state index in [0.29, 0.717) is 0 Å². The van der Waals surface area contributed by atoms with Gasteiger partial charge in [-0.05, 0) is 12.0 Å². The van der Waals surface area contributed by atoms with Crippen molar-refractivity contribution in [3.05, 3.63) is 108 Å². The van der Waals surface area contributed by atoms with E-state index in [-0.39, 0.29) is 6.04 Å². The third-order valence-corrected chi connectivity index (χ3v) is 3.73. The summed E-state index contributed by atoms with van der Waals surface area (Å²) >= 11 is 0. The minimum Gasteiger partial charge on any atom is -0.276 e. The molecule has 1 unspecified atom stereocenters. The van der Waals surface area contributed by atoms with Crippen molar-refractivity contribution < 1.29 is 0 Å². The molecule has 0 aliphatic heterocycles. The number of rotatable bonds is 4. The molecule has 0 fully saturated rings. The lowest BCUT2D eigenvalue weighted by Gasteiger charge is -2.14. The first-order valence-electron chi connectivity index (χ1n) is 7.56. The second-order valence-corrected chi connectivity index (χ2v) is 5.28. The zero-order chi connectivity index (χ0) is 15.2. The van der Waals surface area contributed by atoms with Gasteiger partial charge in [0.2, 0.25) is 0 Å². The van der Waals surface area contributed by atoms with E-state index in [1.54, 1.807) is 0 Å². The van der Waals surface area contributed by atoms with Gasteiger partial charge in [-0.3, -0.25) is 4.99 Å². The Hall–Kier alpha value is -2.67. The largest absolute Gasteiger partial charge is 0.276 e. The molecule has 0 bridgehead atoms. The lowest BCUT2D eigenvalue weighted by molar-refractivity contribution is 0.823. The second kappa shape index (κ2) is 6.86. The third-order valence-electron chi connectivity index (χ3n) is 3.73. The van der Waals surface area contributed by atoms with E-state index in [1.807, 2.05) is 18.2 Å². The molecule has 1 atom stereocenters. The number of hydrogen-bond donors (Lipinski definition) is 0. The van der Waals surface area contributed by atoms with Crippen molar-refractivity contribution in [2.24, 2.45) is 4.99 Å². The van der Waals surface area contributed by atoms with Crippen LogP contribution in [0.3, 0.4) is 0 Å². The Kier molecular flexibility index (Phi) is 4.45. The summed E-state index contributed by atoms with van der Waals surface area (Å²) in [6.45, 7) is 3.81. The van der Waals surface area contributed by atoms with Crippen molar-refractivity contribution in [2.45, 2.75) is 12.5 Å². The highest BCUT2D eigenvalue weighted by molar-refractivity contribution is 6.13. The fourth-order valence-corrected chi connectivity index (χ4v) is 2.55. The number of allylic oxidation sites excluding steroid dienone is 3. The molecule has 0 spiro atoms. The molecule has 0 radical (unpaired) electrons. The van der Waals surface area contributed by atoms with Crippen LogP contribution in [0.2, 0.25) is 0 Å². The molecule has 0 saturated carbocycles. The molecule has 0 aromatic heterocycles. The zero-order valence-corrected chi connectivity index (χ0v) is 12.5. The van der Waals surface area contributed by atoms with Gasteiger partial charge in [-0.2, -0.15) is 0 Å². The van der Waals surface area contributed by atoms with Crippen molar-refractivity contribution >= 4 is 5.71 Å². The van der Waals surface area contributed by atoms with Gasteiger partial charge in [0.05, 0.1) is 11.8 Å². The fraction of sp³-hybridized carbons (Fsp3) is 0.0952. The van der Waals surface area contributed by atoms with Crippen molar-refractivity contribution in [1.29, 1.82) is 0 Å². The molecule has 0 saturated heterocycles. The van der Waals surface area contributed by atoms with E-state index in [0.717, 1.165) is 23.3 Å². The van der Waals surface area contributed by atoms with Crippen LogP contribution in [0.25, 0.3) is 0 Å². The monoisotopic (exact) mass is 285 g/mol. The molecule has 108 valence electrons. The predicted octanol–water partition coefficient (Wildman–Crippen LogP) is 4.96. The second-order valence-electron chi connectivity index (χ2n) is 5.28. The van der Waals surface area contributed by atoms with Gasteiger partial charge in [0, 0.05) is 11.1 Å². The Morgan fingerprint density at radius 3 is 2.00 bits per heavy atom. The summed E-state index contributed by atoms with van der Waals surface area (Å²) in [5.41, 5.74) is 4.53. The molecule has 2 aromatic rings. The summed E-state index contributed by atoms with van der Waals surface area (Å²) in [6, 6.07) is 20.9. The Bertz CT molecular complexity index is 680. The van der Waals surface area contributed by atoms with Crippen molar-refractivity contribution in [3.63, 3.8) is 0 Å². The third kappa shape index (κ3) is 3.32. The van der Waals surface area contributed by atoms with Crippen molar-refractivity contribution in [1.82, 2.24) is 0 Å². The van der Waals surface area contributed by atoms with E-state index in [2.05, 4.69) is 73.3 Å². The van der Waals surface area contributed by atoms with Crippen LogP contribution in [0.15, 0.2) is 102 Å². The number of nitrogens with zero attached hydrogens (tertiary/aromatic N) is 1. The minimum atomic E-state index is 0.180. The molecular weight excluding hydrogens is 266 g/mol. The Labute approximate surface area is 132 Å². The molecule has 0 amide bonds. The average molecular weight is 285 g/mol. The van der Waals surface area contributed by atoms with Gasteiger partial charge in [-0.1, -0.05) is 91.5 Å². The molecule has 1 aliphatic rings. The first-order chi connectivity index (χ1) is 10.9. The molecule has 1 aliphatic carbocycles. The number of aliphatic imine (C=N–C) groups is 1. The highest BCUT2D eigenvalue weighted by Crippen LogP contribution is 2.18. The molecular formula is C21H19N. The lowest BCUT2D eigenvalue weighted by atomic mass is 10.00. The van der Waals surface area contributed by atoms with Gasteiger partial charge in [-0.15, -0.1) is 0 Å². The highest BCUT2D eigenvalue weighted by atomic mass is 14.8. The molecule has 1 heteroatoms. The molecule has 3 rings (SSSR count). The van der Waals surface area contributed by atoms with E-state index in [4.69, 9.17) is 4.99 Å². The fourth-order valence-electron chi connectivity index (χ4n) is 2.55. The normalized spacial score (nSPS) is 16.7. The van der Waals surface area contributed by atoms with Gasteiger partial charge in [0.15, 0.2) is 0 Å². The zero-order valence-electron chi connectivity index (χ0n) is 12.5.